The average molecular weight is 435 g/mol. The second-order valence-corrected chi connectivity index (χ2v) is 14.5. The van der Waals surface area contributed by atoms with Crippen molar-refractivity contribution < 1.29 is 23.4 Å². The van der Waals surface area contributed by atoms with Crippen LogP contribution in [-0.2, 0) is 25.3 Å². The monoisotopic (exact) mass is 434 g/mol. The third kappa shape index (κ3) is 6.43. The Morgan fingerprint density at radius 1 is 1.17 bits per heavy atom. The van der Waals surface area contributed by atoms with Crippen LogP contribution in [-0.4, -0.2) is 40.2 Å². The van der Waals surface area contributed by atoms with Crippen molar-refractivity contribution in [3.8, 4) is 5.75 Å². The lowest BCUT2D eigenvalue weighted by molar-refractivity contribution is -0.154. The van der Waals surface area contributed by atoms with Crippen molar-refractivity contribution in [2.45, 2.75) is 78.0 Å². The summed E-state index contributed by atoms with van der Waals surface area (Å²) in [5.74, 6) is 0.522. The SMILES string of the molecule is COc1ccc(CO[C@@H]2C(C)=CC[C@@H](OC(C)=O)[C@@H]2CO[Si](C)(C)C(C)(C)C)cc1. The molecule has 6 heteroatoms. The lowest BCUT2D eigenvalue weighted by Crippen LogP contribution is -2.47. The highest BCUT2D eigenvalue weighted by molar-refractivity contribution is 6.74. The summed E-state index contributed by atoms with van der Waals surface area (Å²) in [5, 5.41) is 0.114. The van der Waals surface area contributed by atoms with Crippen LogP contribution in [0.2, 0.25) is 18.1 Å². The highest BCUT2D eigenvalue weighted by atomic mass is 28.4. The molecule has 0 aliphatic heterocycles. The van der Waals surface area contributed by atoms with Gasteiger partial charge in [-0.2, -0.15) is 0 Å². The fourth-order valence-electron chi connectivity index (χ4n) is 3.35. The molecule has 1 aliphatic rings. The van der Waals surface area contributed by atoms with E-state index in [1.165, 1.54) is 6.92 Å². The molecule has 0 saturated heterocycles. The fourth-order valence-corrected chi connectivity index (χ4v) is 4.40. The molecule has 2 rings (SSSR count). The number of methoxy groups -OCH3 is 1. The summed E-state index contributed by atoms with van der Waals surface area (Å²) in [4.78, 5) is 11.7. The van der Waals surface area contributed by atoms with Gasteiger partial charge in [-0.15, -0.1) is 0 Å². The zero-order valence-corrected chi connectivity index (χ0v) is 20.8. The molecule has 0 spiro atoms. The second-order valence-electron chi connectivity index (χ2n) is 9.65. The van der Waals surface area contributed by atoms with Gasteiger partial charge in [-0.25, -0.2) is 0 Å². The highest BCUT2D eigenvalue weighted by Gasteiger charge is 2.41. The van der Waals surface area contributed by atoms with E-state index in [9.17, 15) is 4.79 Å². The predicted molar refractivity (Wildman–Crippen MR) is 122 cm³/mol. The number of ether oxygens (including phenoxy) is 3. The normalized spacial score (nSPS) is 22.4. The zero-order valence-electron chi connectivity index (χ0n) is 19.8. The molecule has 168 valence electrons. The van der Waals surface area contributed by atoms with Crippen molar-refractivity contribution in [3.05, 3.63) is 41.5 Å². The molecule has 0 heterocycles. The van der Waals surface area contributed by atoms with Crippen LogP contribution in [0.4, 0.5) is 0 Å². The molecule has 5 nitrogen and oxygen atoms in total. The minimum atomic E-state index is -1.94. The van der Waals surface area contributed by atoms with Crippen molar-refractivity contribution in [1.29, 1.82) is 0 Å². The molecule has 0 aromatic heterocycles. The van der Waals surface area contributed by atoms with Gasteiger partial charge in [0.1, 0.15) is 11.9 Å². The van der Waals surface area contributed by atoms with Crippen molar-refractivity contribution in [1.82, 2.24) is 0 Å². The standard InChI is InChI=1S/C24H38O5Si/c1-17-9-14-22(29-18(2)25)21(16-28-30(7,8)24(3,4)5)23(17)27-15-19-10-12-20(26-6)13-11-19/h9-13,21-23H,14-16H2,1-8H3/t21-,22+,23+/m0/s1. The summed E-state index contributed by atoms with van der Waals surface area (Å²) in [6, 6.07) is 7.88. The summed E-state index contributed by atoms with van der Waals surface area (Å²) in [7, 11) is -0.280. The average Bonchev–Trinajstić information content (AvgIpc) is 2.66. The minimum absolute atomic E-state index is 0.0359. The Labute approximate surface area is 182 Å². The van der Waals surface area contributed by atoms with Crippen LogP contribution < -0.4 is 4.74 Å². The van der Waals surface area contributed by atoms with Gasteiger partial charge in [0.2, 0.25) is 0 Å². The Bertz CT molecular complexity index is 733. The molecular weight excluding hydrogens is 396 g/mol. The fraction of sp³-hybridized carbons (Fsp3) is 0.625. The van der Waals surface area contributed by atoms with Gasteiger partial charge in [0, 0.05) is 25.9 Å². The lowest BCUT2D eigenvalue weighted by atomic mass is 9.84. The number of carbonyl (C=O) groups is 1. The Balaban J connectivity index is 2.17. The molecule has 30 heavy (non-hydrogen) atoms. The molecule has 1 aliphatic carbocycles. The number of hydrogen-bond donors (Lipinski definition) is 0. The van der Waals surface area contributed by atoms with Gasteiger partial charge < -0.3 is 18.6 Å². The van der Waals surface area contributed by atoms with Gasteiger partial charge in [0.05, 0.1) is 19.8 Å². The molecule has 0 saturated carbocycles. The van der Waals surface area contributed by atoms with E-state index in [-0.39, 0.29) is 29.1 Å². The first-order valence-corrected chi connectivity index (χ1v) is 13.6. The van der Waals surface area contributed by atoms with Crippen LogP contribution >= 0.6 is 0 Å². The van der Waals surface area contributed by atoms with E-state index in [2.05, 4.69) is 46.9 Å². The van der Waals surface area contributed by atoms with Gasteiger partial charge in [0.25, 0.3) is 0 Å². The third-order valence-electron chi connectivity index (χ3n) is 6.34. The maximum absolute atomic E-state index is 11.7. The number of benzene rings is 1. The Morgan fingerprint density at radius 3 is 2.33 bits per heavy atom. The molecule has 0 radical (unpaired) electrons. The summed E-state index contributed by atoms with van der Waals surface area (Å²) in [6.45, 7) is 15.7. The Hall–Kier alpha value is -1.63. The largest absolute Gasteiger partial charge is 0.497 e. The van der Waals surface area contributed by atoms with Crippen molar-refractivity contribution >= 4 is 14.3 Å². The van der Waals surface area contributed by atoms with Gasteiger partial charge >= 0.3 is 5.97 Å². The number of rotatable bonds is 8. The topological polar surface area (TPSA) is 54.0 Å². The molecule has 0 N–H and O–H groups in total. The maximum atomic E-state index is 11.7. The van der Waals surface area contributed by atoms with E-state index in [0.29, 0.717) is 19.6 Å². The van der Waals surface area contributed by atoms with Crippen molar-refractivity contribution in [2.24, 2.45) is 5.92 Å². The van der Waals surface area contributed by atoms with Crippen LogP contribution in [0.3, 0.4) is 0 Å². The first-order valence-electron chi connectivity index (χ1n) is 10.7. The van der Waals surface area contributed by atoms with E-state index in [0.717, 1.165) is 16.9 Å². The van der Waals surface area contributed by atoms with E-state index < -0.39 is 8.32 Å². The summed E-state index contributed by atoms with van der Waals surface area (Å²) < 4.78 is 23.8. The first kappa shape index (κ1) is 24.6. The summed E-state index contributed by atoms with van der Waals surface area (Å²) >= 11 is 0. The number of hydrogen-bond acceptors (Lipinski definition) is 5. The lowest BCUT2D eigenvalue weighted by Gasteiger charge is -2.41. The minimum Gasteiger partial charge on any atom is -0.497 e. The molecule has 1 aromatic rings. The molecule has 0 unspecified atom stereocenters. The Kier molecular flexibility index (Phi) is 8.31. The zero-order chi connectivity index (χ0) is 22.5. The maximum Gasteiger partial charge on any atom is 0.302 e. The highest BCUT2D eigenvalue weighted by Crippen LogP contribution is 2.38. The van der Waals surface area contributed by atoms with Crippen LogP contribution in [0, 0.1) is 5.92 Å². The van der Waals surface area contributed by atoms with Crippen molar-refractivity contribution in [2.75, 3.05) is 13.7 Å². The summed E-state index contributed by atoms with van der Waals surface area (Å²) in [5.41, 5.74) is 2.23. The molecule has 0 bridgehead atoms. The van der Waals surface area contributed by atoms with Gasteiger partial charge in [-0.1, -0.05) is 39.0 Å². The van der Waals surface area contributed by atoms with Crippen LogP contribution in [0.1, 0.15) is 46.6 Å². The van der Waals surface area contributed by atoms with E-state index in [1.807, 2.05) is 24.3 Å². The quantitative estimate of drug-likeness (QED) is 0.307. The first-order chi connectivity index (χ1) is 13.9. The number of esters is 1. The van der Waals surface area contributed by atoms with Crippen LogP contribution in [0.25, 0.3) is 0 Å². The van der Waals surface area contributed by atoms with Crippen molar-refractivity contribution in [3.63, 3.8) is 0 Å². The van der Waals surface area contributed by atoms with Gasteiger partial charge in [0.15, 0.2) is 8.32 Å². The predicted octanol–water partition coefficient (Wildman–Crippen LogP) is 5.50. The van der Waals surface area contributed by atoms with Gasteiger partial charge in [-0.05, 0) is 48.3 Å². The molecule has 1 aromatic carbocycles. The van der Waals surface area contributed by atoms with E-state index in [1.54, 1.807) is 7.11 Å². The molecule has 3 atom stereocenters. The summed E-state index contributed by atoms with van der Waals surface area (Å²) in [6.07, 6.45) is 2.42. The van der Waals surface area contributed by atoms with Crippen LogP contribution in [0.5, 0.6) is 5.75 Å². The second kappa shape index (κ2) is 10.1. The number of carbonyl (C=O) groups excluding carboxylic acids is 1. The van der Waals surface area contributed by atoms with Gasteiger partial charge in [-0.3, -0.25) is 4.79 Å². The molecular formula is C24H38O5Si. The smallest absolute Gasteiger partial charge is 0.302 e. The van der Waals surface area contributed by atoms with Crippen LogP contribution in [0.15, 0.2) is 35.9 Å². The third-order valence-corrected chi connectivity index (χ3v) is 10.8. The molecule has 0 fully saturated rings. The van der Waals surface area contributed by atoms with E-state index >= 15 is 0 Å². The van der Waals surface area contributed by atoms with E-state index in [4.69, 9.17) is 18.6 Å². The molecule has 0 amide bonds. The Morgan fingerprint density at radius 2 is 1.80 bits per heavy atom.